The van der Waals surface area contributed by atoms with Gasteiger partial charge in [-0.2, -0.15) is 0 Å². The van der Waals surface area contributed by atoms with E-state index in [9.17, 15) is 5.11 Å². The Hall–Kier alpha value is -0.120. The monoisotopic (exact) mass is 256 g/mol. The highest BCUT2D eigenvalue weighted by Gasteiger charge is 2.41. The highest BCUT2D eigenvalue weighted by molar-refractivity contribution is 4.92. The molecular weight excluding hydrogens is 228 g/mol. The van der Waals surface area contributed by atoms with Gasteiger partial charge in [-0.25, -0.2) is 0 Å². The maximum atomic E-state index is 10.3. The van der Waals surface area contributed by atoms with Crippen LogP contribution in [0.2, 0.25) is 0 Å². The molecule has 1 saturated heterocycles. The van der Waals surface area contributed by atoms with E-state index < -0.39 is 0 Å². The summed E-state index contributed by atoms with van der Waals surface area (Å²) in [6.45, 7) is 7.34. The fourth-order valence-corrected chi connectivity index (χ4v) is 3.23. The first kappa shape index (κ1) is 14.3. The van der Waals surface area contributed by atoms with Crippen molar-refractivity contribution >= 4 is 0 Å². The summed E-state index contributed by atoms with van der Waals surface area (Å²) in [5.74, 6) is 0.346. The number of aliphatic hydroxyl groups excluding tert-OH is 1. The zero-order valence-electron chi connectivity index (χ0n) is 12.1. The Morgan fingerprint density at radius 3 is 2.61 bits per heavy atom. The van der Waals surface area contributed by atoms with Crippen molar-refractivity contribution in [1.29, 1.82) is 0 Å². The number of aliphatic hydroxyl groups is 1. The zero-order valence-corrected chi connectivity index (χ0v) is 12.1. The minimum atomic E-state index is -0.342. The van der Waals surface area contributed by atoms with Gasteiger partial charge in [0.05, 0.1) is 23.9 Å². The molecule has 106 valence electrons. The second-order valence-corrected chi connectivity index (χ2v) is 6.98. The molecule has 0 radical (unpaired) electrons. The molecule has 2 rings (SSSR count). The fourth-order valence-electron chi connectivity index (χ4n) is 3.23. The molecule has 2 unspecified atom stereocenters. The van der Waals surface area contributed by atoms with Gasteiger partial charge in [0.1, 0.15) is 0 Å². The van der Waals surface area contributed by atoms with Crippen LogP contribution in [0.15, 0.2) is 0 Å². The molecule has 2 atom stereocenters. The number of ether oxygens (including phenoxy) is 2. The molecular formula is C15H28O3. The van der Waals surface area contributed by atoms with Crippen LogP contribution in [0.1, 0.15) is 59.3 Å². The molecule has 1 aliphatic carbocycles. The predicted octanol–water partition coefficient (Wildman–Crippen LogP) is 2.90. The topological polar surface area (TPSA) is 38.7 Å². The summed E-state index contributed by atoms with van der Waals surface area (Å²) in [6, 6.07) is 0. The highest BCUT2D eigenvalue weighted by Crippen LogP contribution is 2.42. The maximum Gasteiger partial charge on any atom is 0.0803 e. The average Bonchev–Trinajstić information content (AvgIpc) is 2.73. The first-order valence-electron chi connectivity index (χ1n) is 7.36. The van der Waals surface area contributed by atoms with Crippen molar-refractivity contribution in [2.45, 2.75) is 76.6 Å². The van der Waals surface area contributed by atoms with Crippen LogP contribution in [0.4, 0.5) is 0 Å². The summed E-state index contributed by atoms with van der Waals surface area (Å²) >= 11 is 0. The van der Waals surface area contributed by atoms with Gasteiger partial charge < -0.3 is 14.6 Å². The molecule has 2 fully saturated rings. The molecule has 1 heterocycles. The third kappa shape index (κ3) is 3.69. The third-order valence-corrected chi connectivity index (χ3v) is 4.28. The average molecular weight is 256 g/mol. The molecule has 1 spiro atoms. The second kappa shape index (κ2) is 5.48. The van der Waals surface area contributed by atoms with Gasteiger partial charge in [0.25, 0.3) is 0 Å². The zero-order chi connectivity index (χ0) is 13.2. The van der Waals surface area contributed by atoms with Gasteiger partial charge >= 0.3 is 0 Å². The molecule has 3 nitrogen and oxygen atoms in total. The van der Waals surface area contributed by atoms with Crippen molar-refractivity contribution in [3.05, 3.63) is 0 Å². The van der Waals surface area contributed by atoms with Crippen molar-refractivity contribution in [1.82, 2.24) is 0 Å². The minimum absolute atomic E-state index is 0.0889. The largest absolute Gasteiger partial charge is 0.390 e. The molecule has 18 heavy (non-hydrogen) atoms. The smallest absolute Gasteiger partial charge is 0.0803 e. The van der Waals surface area contributed by atoms with Gasteiger partial charge in [-0.05, 0) is 52.4 Å². The molecule has 1 saturated carbocycles. The van der Waals surface area contributed by atoms with E-state index in [1.54, 1.807) is 0 Å². The van der Waals surface area contributed by atoms with Gasteiger partial charge in [-0.1, -0.05) is 12.8 Å². The van der Waals surface area contributed by atoms with E-state index in [-0.39, 0.29) is 17.3 Å². The highest BCUT2D eigenvalue weighted by atomic mass is 16.5. The van der Waals surface area contributed by atoms with Crippen LogP contribution < -0.4 is 0 Å². The summed E-state index contributed by atoms with van der Waals surface area (Å²) < 4.78 is 11.7. The third-order valence-electron chi connectivity index (χ3n) is 4.28. The van der Waals surface area contributed by atoms with E-state index in [0.717, 1.165) is 19.4 Å². The Morgan fingerprint density at radius 2 is 2.00 bits per heavy atom. The lowest BCUT2D eigenvalue weighted by molar-refractivity contribution is -0.131. The molecule has 0 bridgehead atoms. The SMILES string of the molecule is CC(C)(C)OCC(O)C1CCOC2(CCCC2)C1. The Labute approximate surface area is 111 Å². The quantitative estimate of drug-likeness (QED) is 0.844. The minimum Gasteiger partial charge on any atom is -0.390 e. The Morgan fingerprint density at radius 1 is 1.33 bits per heavy atom. The number of hydrogen-bond donors (Lipinski definition) is 1. The maximum absolute atomic E-state index is 10.3. The van der Waals surface area contributed by atoms with Crippen LogP contribution in [0.5, 0.6) is 0 Å². The van der Waals surface area contributed by atoms with Gasteiger partial charge in [0.2, 0.25) is 0 Å². The Balaban J connectivity index is 1.84. The number of rotatable bonds is 3. The standard InChI is InChI=1S/C15H28O3/c1-14(2,3)18-11-13(16)12-6-9-17-15(10-12)7-4-5-8-15/h12-13,16H,4-11H2,1-3H3. The van der Waals surface area contributed by atoms with Crippen molar-refractivity contribution < 1.29 is 14.6 Å². The van der Waals surface area contributed by atoms with Crippen LogP contribution in [0.25, 0.3) is 0 Å². The van der Waals surface area contributed by atoms with Gasteiger partial charge in [0, 0.05) is 6.61 Å². The fraction of sp³-hybridized carbons (Fsp3) is 1.00. The normalized spacial score (nSPS) is 29.7. The van der Waals surface area contributed by atoms with E-state index >= 15 is 0 Å². The molecule has 0 aromatic heterocycles. The van der Waals surface area contributed by atoms with Gasteiger partial charge in [0.15, 0.2) is 0 Å². The predicted molar refractivity (Wildman–Crippen MR) is 71.6 cm³/mol. The van der Waals surface area contributed by atoms with Gasteiger partial charge in [-0.3, -0.25) is 0 Å². The molecule has 0 amide bonds. The molecule has 0 aromatic carbocycles. The van der Waals surface area contributed by atoms with Crippen LogP contribution >= 0.6 is 0 Å². The van der Waals surface area contributed by atoms with Crippen LogP contribution in [0, 0.1) is 5.92 Å². The summed E-state index contributed by atoms with van der Waals surface area (Å²) in [6.07, 6.45) is 6.55. The van der Waals surface area contributed by atoms with Crippen LogP contribution in [-0.4, -0.2) is 35.6 Å². The lowest BCUT2D eigenvalue weighted by Crippen LogP contribution is -2.43. The van der Waals surface area contributed by atoms with Crippen molar-refractivity contribution in [2.75, 3.05) is 13.2 Å². The lowest BCUT2D eigenvalue weighted by atomic mass is 9.82. The molecule has 0 aromatic rings. The van der Waals surface area contributed by atoms with E-state index in [1.807, 2.05) is 20.8 Å². The van der Waals surface area contributed by atoms with E-state index in [2.05, 4.69) is 0 Å². The first-order valence-corrected chi connectivity index (χ1v) is 7.36. The number of hydrogen-bond acceptors (Lipinski definition) is 3. The Bertz CT molecular complexity index is 263. The van der Waals surface area contributed by atoms with Crippen molar-refractivity contribution in [2.24, 2.45) is 5.92 Å². The van der Waals surface area contributed by atoms with Crippen molar-refractivity contribution in [3.63, 3.8) is 0 Å². The Kier molecular flexibility index (Phi) is 4.35. The van der Waals surface area contributed by atoms with E-state index in [4.69, 9.17) is 9.47 Å². The van der Waals surface area contributed by atoms with E-state index in [1.165, 1.54) is 25.7 Å². The summed E-state index contributed by atoms with van der Waals surface area (Å²) in [5.41, 5.74) is -0.0805. The van der Waals surface area contributed by atoms with E-state index in [0.29, 0.717) is 12.5 Å². The summed E-state index contributed by atoms with van der Waals surface area (Å²) in [4.78, 5) is 0. The molecule has 1 aliphatic heterocycles. The van der Waals surface area contributed by atoms with Crippen molar-refractivity contribution in [3.8, 4) is 0 Å². The van der Waals surface area contributed by atoms with Gasteiger partial charge in [-0.15, -0.1) is 0 Å². The summed E-state index contributed by atoms with van der Waals surface area (Å²) in [7, 11) is 0. The first-order chi connectivity index (χ1) is 8.40. The van der Waals surface area contributed by atoms with Crippen LogP contribution in [0.3, 0.4) is 0 Å². The van der Waals surface area contributed by atoms with Crippen LogP contribution in [-0.2, 0) is 9.47 Å². The second-order valence-electron chi connectivity index (χ2n) is 6.98. The molecule has 3 heteroatoms. The molecule has 1 N–H and O–H groups in total. The lowest BCUT2D eigenvalue weighted by Gasteiger charge is -2.40. The molecule has 2 aliphatic rings. The summed E-state index contributed by atoms with van der Waals surface area (Å²) in [5, 5.41) is 10.3.